The molecule has 0 fully saturated rings. The summed E-state index contributed by atoms with van der Waals surface area (Å²) >= 11 is 6.77. The Kier molecular flexibility index (Phi) is 4.40. The first-order chi connectivity index (χ1) is 10.1. The molecule has 1 N–H and O–H groups in total. The van der Waals surface area contributed by atoms with Gasteiger partial charge in [0.15, 0.2) is 0 Å². The lowest BCUT2D eigenvalue weighted by molar-refractivity contribution is 0.322. The molecule has 0 saturated heterocycles. The van der Waals surface area contributed by atoms with Crippen LogP contribution in [0.1, 0.15) is 12.0 Å². The van der Waals surface area contributed by atoms with E-state index in [9.17, 15) is 5.11 Å². The van der Waals surface area contributed by atoms with Crippen molar-refractivity contribution in [2.75, 3.05) is 18.1 Å². The molecule has 0 radical (unpaired) electrons. The number of hydrogen-bond acceptors (Lipinski definition) is 3. The van der Waals surface area contributed by atoms with Gasteiger partial charge in [0.1, 0.15) is 11.5 Å². The molecular weight excluding hydrogens is 398 g/mol. The lowest BCUT2D eigenvalue weighted by atomic mass is 10.1. The standard InChI is InChI=1S/C16H15Br2NO2/c17-12-8-11(9-13(18)16(12)20)10-19-6-3-7-21-15-5-2-1-4-14(15)19/h1-2,4-5,8-9,20H,3,6-7,10H2. The summed E-state index contributed by atoms with van der Waals surface area (Å²) in [6, 6.07) is 12.0. The number of aromatic hydroxyl groups is 1. The van der Waals surface area contributed by atoms with Crippen molar-refractivity contribution in [3.63, 3.8) is 0 Å². The highest BCUT2D eigenvalue weighted by Crippen LogP contribution is 2.36. The first-order valence-electron chi connectivity index (χ1n) is 6.79. The van der Waals surface area contributed by atoms with E-state index in [4.69, 9.17) is 4.74 Å². The molecule has 1 heterocycles. The molecule has 2 aromatic carbocycles. The van der Waals surface area contributed by atoms with Crippen molar-refractivity contribution in [1.82, 2.24) is 0 Å². The molecule has 110 valence electrons. The Hall–Kier alpha value is -1.20. The number of anilines is 1. The van der Waals surface area contributed by atoms with Gasteiger partial charge in [0, 0.05) is 13.1 Å². The van der Waals surface area contributed by atoms with Gasteiger partial charge in [-0.3, -0.25) is 0 Å². The highest BCUT2D eigenvalue weighted by atomic mass is 79.9. The highest BCUT2D eigenvalue weighted by molar-refractivity contribution is 9.11. The summed E-state index contributed by atoms with van der Waals surface area (Å²) in [6.45, 7) is 2.47. The Bertz CT molecular complexity index is 637. The maximum absolute atomic E-state index is 9.81. The van der Waals surface area contributed by atoms with Gasteiger partial charge in [-0.05, 0) is 68.1 Å². The second-order valence-corrected chi connectivity index (χ2v) is 6.71. The summed E-state index contributed by atoms with van der Waals surface area (Å²) in [5.41, 5.74) is 2.25. The third kappa shape index (κ3) is 3.19. The van der Waals surface area contributed by atoms with E-state index in [0.29, 0.717) is 8.95 Å². The van der Waals surface area contributed by atoms with Crippen molar-refractivity contribution < 1.29 is 9.84 Å². The van der Waals surface area contributed by atoms with Gasteiger partial charge in [0.05, 0.1) is 21.2 Å². The Morgan fingerprint density at radius 1 is 1.14 bits per heavy atom. The molecule has 0 saturated carbocycles. The van der Waals surface area contributed by atoms with Crippen LogP contribution in [-0.4, -0.2) is 18.3 Å². The van der Waals surface area contributed by atoms with Crippen LogP contribution in [0.25, 0.3) is 0 Å². The number of rotatable bonds is 2. The van der Waals surface area contributed by atoms with Crippen LogP contribution in [0.2, 0.25) is 0 Å². The summed E-state index contributed by atoms with van der Waals surface area (Å²) in [4.78, 5) is 2.31. The monoisotopic (exact) mass is 411 g/mol. The van der Waals surface area contributed by atoms with Crippen LogP contribution in [0, 0.1) is 0 Å². The second kappa shape index (κ2) is 6.28. The van der Waals surface area contributed by atoms with E-state index in [1.54, 1.807) is 0 Å². The average Bonchev–Trinajstić information content (AvgIpc) is 2.67. The van der Waals surface area contributed by atoms with Gasteiger partial charge in [0.2, 0.25) is 0 Å². The summed E-state index contributed by atoms with van der Waals surface area (Å²) in [6.07, 6.45) is 0.995. The zero-order chi connectivity index (χ0) is 14.8. The van der Waals surface area contributed by atoms with Gasteiger partial charge in [-0.15, -0.1) is 0 Å². The molecule has 3 nitrogen and oxygen atoms in total. The number of fused-ring (bicyclic) bond motifs is 1. The quantitative estimate of drug-likeness (QED) is 0.775. The molecule has 1 aliphatic heterocycles. The maximum atomic E-state index is 9.81. The number of para-hydroxylation sites is 2. The molecule has 3 rings (SSSR count). The largest absolute Gasteiger partial charge is 0.506 e. The van der Waals surface area contributed by atoms with Crippen LogP contribution in [0.3, 0.4) is 0 Å². The molecule has 0 atom stereocenters. The van der Waals surface area contributed by atoms with E-state index in [-0.39, 0.29) is 5.75 Å². The predicted molar refractivity (Wildman–Crippen MR) is 91.1 cm³/mol. The number of ether oxygens (including phenoxy) is 1. The van der Waals surface area contributed by atoms with Crippen LogP contribution in [-0.2, 0) is 6.54 Å². The topological polar surface area (TPSA) is 32.7 Å². The average molecular weight is 413 g/mol. The minimum Gasteiger partial charge on any atom is -0.506 e. The summed E-state index contributed by atoms with van der Waals surface area (Å²) in [5.74, 6) is 1.17. The number of benzene rings is 2. The van der Waals surface area contributed by atoms with Gasteiger partial charge < -0.3 is 14.7 Å². The molecular formula is C16H15Br2NO2. The number of phenolic OH excluding ortho intramolecular Hbond substituents is 1. The molecule has 0 bridgehead atoms. The van der Waals surface area contributed by atoms with Crippen molar-refractivity contribution in [2.24, 2.45) is 0 Å². The minimum atomic E-state index is 0.235. The van der Waals surface area contributed by atoms with Crippen LogP contribution < -0.4 is 9.64 Å². The Morgan fingerprint density at radius 2 is 1.86 bits per heavy atom. The first-order valence-corrected chi connectivity index (χ1v) is 8.37. The van der Waals surface area contributed by atoms with Crippen molar-refractivity contribution in [3.8, 4) is 11.5 Å². The number of hydrogen-bond donors (Lipinski definition) is 1. The minimum absolute atomic E-state index is 0.235. The second-order valence-electron chi connectivity index (χ2n) is 5.00. The Morgan fingerprint density at radius 3 is 2.62 bits per heavy atom. The normalized spacial score (nSPS) is 14.3. The molecule has 0 aliphatic carbocycles. The van der Waals surface area contributed by atoms with E-state index < -0.39 is 0 Å². The number of phenols is 1. The van der Waals surface area contributed by atoms with Crippen LogP contribution in [0.4, 0.5) is 5.69 Å². The molecule has 0 spiro atoms. The SMILES string of the molecule is Oc1c(Br)cc(CN2CCCOc3ccccc32)cc1Br. The fourth-order valence-corrected chi connectivity index (χ4v) is 3.77. The van der Waals surface area contributed by atoms with Gasteiger partial charge in [-0.2, -0.15) is 0 Å². The third-order valence-electron chi connectivity index (χ3n) is 3.49. The van der Waals surface area contributed by atoms with Crippen LogP contribution >= 0.6 is 31.9 Å². The highest BCUT2D eigenvalue weighted by Gasteiger charge is 2.17. The van der Waals surface area contributed by atoms with E-state index in [1.807, 2.05) is 30.3 Å². The molecule has 0 unspecified atom stereocenters. The van der Waals surface area contributed by atoms with Gasteiger partial charge in [-0.25, -0.2) is 0 Å². The Labute approximate surface area is 140 Å². The fraction of sp³-hybridized carbons (Fsp3) is 0.250. The van der Waals surface area contributed by atoms with E-state index in [1.165, 1.54) is 0 Å². The van der Waals surface area contributed by atoms with Crippen LogP contribution in [0.15, 0.2) is 45.3 Å². The van der Waals surface area contributed by atoms with Crippen molar-refractivity contribution >= 4 is 37.5 Å². The summed E-state index contributed by atoms with van der Waals surface area (Å²) in [7, 11) is 0. The zero-order valence-electron chi connectivity index (χ0n) is 11.4. The number of nitrogens with zero attached hydrogens (tertiary/aromatic N) is 1. The molecule has 5 heteroatoms. The summed E-state index contributed by atoms with van der Waals surface area (Å²) in [5, 5.41) is 9.81. The lowest BCUT2D eigenvalue weighted by Crippen LogP contribution is -2.23. The van der Waals surface area contributed by atoms with Gasteiger partial charge in [-0.1, -0.05) is 12.1 Å². The van der Waals surface area contributed by atoms with E-state index in [0.717, 1.165) is 43.1 Å². The smallest absolute Gasteiger partial charge is 0.143 e. The molecule has 2 aromatic rings. The van der Waals surface area contributed by atoms with Crippen LogP contribution in [0.5, 0.6) is 11.5 Å². The Balaban J connectivity index is 1.91. The van der Waals surface area contributed by atoms with Crippen molar-refractivity contribution in [3.05, 3.63) is 50.9 Å². The predicted octanol–water partition coefficient (Wildman–Crippen LogP) is 4.71. The maximum Gasteiger partial charge on any atom is 0.143 e. The molecule has 0 aromatic heterocycles. The molecule has 0 amide bonds. The van der Waals surface area contributed by atoms with Crippen molar-refractivity contribution in [2.45, 2.75) is 13.0 Å². The van der Waals surface area contributed by atoms with E-state index >= 15 is 0 Å². The lowest BCUT2D eigenvalue weighted by Gasteiger charge is -2.24. The van der Waals surface area contributed by atoms with Crippen molar-refractivity contribution in [1.29, 1.82) is 0 Å². The first kappa shape index (κ1) is 14.7. The molecule has 1 aliphatic rings. The third-order valence-corrected chi connectivity index (χ3v) is 4.69. The summed E-state index contributed by atoms with van der Waals surface area (Å²) < 4.78 is 7.18. The van der Waals surface area contributed by atoms with Gasteiger partial charge in [0.25, 0.3) is 0 Å². The molecule has 21 heavy (non-hydrogen) atoms. The van der Waals surface area contributed by atoms with Gasteiger partial charge >= 0.3 is 0 Å². The number of halogens is 2. The zero-order valence-corrected chi connectivity index (χ0v) is 14.5. The van der Waals surface area contributed by atoms with E-state index in [2.05, 4.69) is 42.8 Å². The fourth-order valence-electron chi connectivity index (χ4n) is 2.49.